The van der Waals surface area contributed by atoms with E-state index in [1.165, 1.54) is 11.3 Å². The van der Waals surface area contributed by atoms with Gasteiger partial charge in [0.2, 0.25) is 6.79 Å². The van der Waals surface area contributed by atoms with Gasteiger partial charge in [0.1, 0.15) is 5.69 Å². The fourth-order valence-corrected chi connectivity index (χ4v) is 4.04. The maximum absolute atomic E-state index is 12.7. The van der Waals surface area contributed by atoms with Crippen molar-refractivity contribution in [3.63, 3.8) is 0 Å². The number of fused-ring (bicyclic) bond motifs is 2. The van der Waals surface area contributed by atoms with E-state index >= 15 is 0 Å². The summed E-state index contributed by atoms with van der Waals surface area (Å²) in [6.45, 7) is 6.74. The first-order chi connectivity index (χ1) is 13.5. The van der Waals surface area contributed by atoms with E-state index in [-0.39, 0.29) is 25.0 Å². The molecule has 2 aliphatic heterocycles. The number of anilines is 1. The molecule has 2 aromatic rings. The van der Waals surface area contributed by atoms with Crippen molar-refractivity contribution < 1.29 is 28.7 Å². The first-order valence-corrected chi connectivity index (χ1v) is 9.81. The van der Waals surface area contributed by atoms with Crippen molar-refractivity contribution in [3.8, 4) is 11.5 Å². The molecule has 3 heterocycles. The predicted molar refractivity (Wildman–Crippen MR) is 103 cm³/mol. The lowest BCUT2D eigenvalue weighted by atomic mass is 10.0. The summed E-state index contributed by atoms with van der Waals surface area (Å²) in [5.74, 6) is 1.20. The third-order valence-electron chi connectivity index (χ3n) is 5.31. The lowest BCUT2D eigenvalue weighted by molar-refractivity contribution is -0.900. The van der Waals surface area contributed by atoms with E-state index in [0.717, 1.165) is 19.5 Å². The molecule has 1 fully saturated rings. The normalized spacial score (nSPS) is 20.9. The number of piperidine rings is 1. The van der Waals surface area contributed by atoms with Gasteiger partial charge >= 0.3 is 5.97 Å². The Balaban J connectivity index is 1.62. The minimum Gasteiger partial charge on any atom is -0.461 e. The van der Waals surface area contributed by atoms with Crippen LogP contribution in [-0.4, -0.2) is 49.9 Å². The zero-order chi connectivity index (χ0) is 19.7. The molecule has 3 N–H and O–H groups in total. The molecule has 8 heteroatoms. The maximum Gasteiger partial charge on any atom is 0.356 e. The molecule has 0 radical (unpaired) electrons. The lowest BCUT2D eigenvalue weighted by Gasteiger charge is -2.27. The molecule has 4 rings (SSSR count). The number of hydrogen-bond donors (Lipinski definition) is 3. The van der Waals surface area contributed by atoms with E-state index in [9.17, 15) is 9.59 Å². The second kappa shape index (κ2) is 7.71. The van der Waals surface area contributed by atoms with Crippen molar-refractivity contribution in [1.29, 1.82) is 0 Å². The topological polar surface area (TPSA) is 94.1 Å². The Hall–Kier alpha value is -2.74. The number of benzene rings is 1. The Bertz CT molecular complexity index is 907. The Labute approximate surface area is 163 Å². The third-order valence-corrected chi connectivity index (χ3v) is 5.31. The number of quaternary nitrogens is 1. The van der Waals surface area contributed by atoms with Crippen molar-refractivity contribution in [3.05, 3.63) is 17.8 Å². The van der Waals surface area contributed by atoms with Gasteiger partial charge in [-0.3, -0.25) is 4.79 Å². The summed E-state index contributed by atoms with van der Waals surface area (Å²) in [5, 5.41) is 3.63. The second-order valence-corrected chi connectivity index (χ2v) is 7.52. The minimum atomic E-state index is -0.505. The van der Waals surface area contributed by atoms with Crippen LogP contribution in [0.2, 0.25) is 0 Å². The number of rotatable bonds is 5. The van der Waals surface area contributed by atoms with Gasteiger partial charge in [0.25, 0.3) is 5.91 Å². The van der Waals surface area contributed by atoms with E-state index in [0.29, 0.717) is 40.6 Å². The van der Waals surface area contributed by atoms with Crippen molar-refractivity contribution in [1.82, 2.24) is 4.98 Å². The summed E-state index contributed by atoms with van der Waals surface area (Å²) in [6.07, 6.45) is 2.35. The first-order valence-electron chi connectivity index (χ1n) is 9.81. The number of ether oxygens (including phenoxy) is 3. The monoisotopic (exact) mass is 388 g/mol. The quantitative estimate of drug-likeness (QED) is 0.672. The Kier molecular flexibility index (Phi) is 5.13. The van der Waals surface area contributed by atoms with Crippen LogP contribution in [0.15, 0.2) is 12.1 Å². The predicted octanol–water partition coefficient (Wildman–Crippen LogP) is 1.33. The zero-order valence-corrected chi connectivity index (χ0v) is 16.2. The average molecular weight is 388 g/mol. The third kappa shape index (κ3) is 3.64. The van der Waals surface area contributed by atoms with Gasteiger partial charge in [0.05, 0.1) is 30.9 Å². The molecule has 1 saturated heterocycles. The molecule has 150 valence electrons. The van der Waals surface area contributed by atoms with Gasteiger partial charge in [-0.05, 0) is 25.8 Å². The fourth-order valence-electron chi connectivity index (χ4n) is 4.04. The zero-order valence-electron chi connectivity index (χ0n) is 16.2. The molecule has 28 heavy (non-hydrogen) atoms. The smallest absolute Gasteiger partial charge is 0.356 e. The van der Waals surface area contributed by atoms with Crippen LogP contribution in [0.1, 0.15) is 37.2 Å². The highest BCUT2D eigenvalue weighted by Gasteiger charge is 2.26. The average Bonchev–Trinajstić information content (AvgIpc) is 3.24. The number of esters is 1. The van der Waals surface area contributed by atoms with Crippen molar-refractivity contribution >= 4 is 28.5 Å². The number of likely N-dealkylation sites (tertiary alicyclic amines) is 1. The maximum atomic E-state index is 12.7. The van der Waals surface area contributed by atoms with Crippen LogP contribution in [-0.2, 0) is 9.53 Å². The van der Waals surface area contributed by atoms with Crippen LogP contribution in [0.3, 0.4) is 0 Å². The largest absolute Gasteiger partial charge is 0.461 e. The highest BCUT2D eigenvalue weighted by molar-refractivity contribution is 6.11. The van der Waals surface area contributed by atoms with E-state index in [2.05, 4.69) is 17.2 Å². The summed E-state index contributed by atoms with van der Waals surface area (Å²) < 4.78 is 16.0. The van der Waals surface area contributed by atoms with Crippen molar-refractivity contribution in [2.45, 2.75) is 26.7 Å². The molecule has 1 aromatic heterocycles. The molecule has 1 amide bonds. The highest BCUT2D eigenvalue weighted by atomic mass is 16.7. The van der Waals surface area contributed by atoms with Crippen LogP contribution >= 0.6 is 0 Å². The van der Waals surface area contributed by atoms with Crippen LogP contribution in [0.5, 0.6) is 11.5 Å². The fraction of sp³-hybridized carbons (Fsp3) is 0.500. The van der Waals surface area contributed by atoms with Crippen LogP contribution in [0.25, 0.3) is 10.9 Å². The van der Waals surface area contributed by atoms with Gasteiger partial charge in [-0.15, -0.1) is 0 Å². The van der Waals surface area contributed by atoms with Crippen LogP contribution < -0.4 is 19.7 Å². The summed E-state index contributed by atoms with van der Waals surface area (Å²) in [6, 6.07) is 3.55. The van der Waals surface area contributed by atoms with Gasteiger partial charge in [-0.1, -0.05) is 6.92 Å². The van der Waals surface area contributed by atoms with E-state index in [4.69, 9.17) is 14.2 Å². The summed E-state index contributed by atoms with van der Waals surface area (Å²) >= 11 is 0. The van der Waals surface area contributed by atoms with Crippen molar-refractivity contribution in [2.24, 2.45) is 5.92 Å². The molecule has 1 unspecified atom stereocenters. The Morgan fingerprint density at radius 2 is 2.11 bits per heavy atom. The van der Waals surface area contributed by atoms with E-state index in [1.807, 2.05) is 0 Å². The first kappa shape index (κ1) is 18.6. The standard InChI is InChI=1S/C20H25N3O5/c1-3-26-20(25)19-18(22-17(24)10-23-6-4-5-12(2)9-23)13-7-15-16(28-11-27-15)8-14(13)21-19/h7-8,12,21H,3-6,9-11H2,1-2H3,(H,22,24)/p+1/t12-/m1/s1. The number of carbonyl (C=O) groups excluding carboxylic acids is 2. The Morgan fingerprint density at radius 3 is 2.86 bits per heavy atom. The number of aromatic amines is 1. The molecule has 0 saturated carbocycles. The molecule has 1 aromatic carbocycles. The van der Waals surface area contributed by atoms with Gasteiger partial charge in [0.15, 0.2) is 18.0 Å². The molecular weight excluding hydrogens is 362 g/mol. The van der Waals surface area contributed by atoms with Gasteiger partial charge < -0.3 is 29.4 Å². The number of nitrogens with one attached hydrogen (secondary N) is 3. The number of amides is 1. The summed E-state index contributed by atoms with van der Waals surface area (Å²) in [7, 11) is 0. The molecule has 0 aliphatic carbocycles. The van der Waals surface area contributed by atoms with Crippen molar-refractivity contribution in [2.75, 3.05) is 38.4 Å². The van der Waals surface area contributed by atoms with Gasteiger partial charge in [0, 0.05) is 17.4 Å². The summed E-state index contributed by atoms with van der Waals surface area (Å²) in [4.78, 5) is 29.5. The minimum absolute atomic E-state index is 0.117. The molecule has 2 aliphatic rings. The second-order valence-electron chi connectivity index (χ2n) is 7.52. The number of hydrogen-bond acceptors (Lipinski definition) is 5. The lowest BCUT2D eigenvalue weighted by Crippen LogP contribution is -3.14. The van der Waals surface area contributed by atoms with E-state index in [1.54, 1.807) is 19.1 Å². The van der Waals surface area contributed by atoms with E-state index < -0.39 is 5.97 Å². The SMILES string of the molecule is CCOC(=O)c1[nH]c2cc3c(cc2c1NC(=O)C[NH+]1CCC[C@@H](C)C1)OCO3. The van der Waals surface area contributed by atoms with Crippen LogP contribution in [0.4, 0.5) is 5.69 Å². The molecule has 0 spiro atoms. The highest BCUT2D eigenvalue weighted by Crippen LogP contribution is 2.39. The van der Waals surface area contributed by atoms with Gasteiger partial charge in [-0.2, -0.15) is 0 Å². The van der Waals surface area contributed by atoms with Gasteiger partial charge in [-0.25, -0.2) is 4.79 Å². The molecule has 2 atom stereocenters. The van der Waals surface area contributed by atoms with Crippen LogP contribution in [0, 0.1) is 5.92 Å². The Morgan fingerprint density at radius 1 is 1.32 bits per heavy atom. The molecular formula is C20H26N3O5+. The molecule has 0 bridgehead atoms. The number of carbonyl (C=O) groups is 2. The molecule has 8 nitrogen and oxygen atoms in total. The number of H-pyrrole nitrogens is 1. The summed E-state index contributed by atoms with van der Waals surface area (Å²) in [5.41, 5.74) is 1.35. The number of aromatic nitrogens is 1.